The molecule has 4 aliphatic rings. The lowest BCUT2D eigenvalue weighted by Gasteiger charge is -2.58. The van der Waals surface area contributed by atoms with Crippen LogP contribution in [0.3, 0.4) is 0 Å². The molecule has 4 fully saturated rings. The van der Waals surface area contributed by atoms with Crippen LogP contribution in [0, 0.1) is 45.8 Å². The van der Waals surface area contributed by atoms with Crippen molar-refractivity contribution < 1.29 is 5.11 Å². The van der Waals surface area contributed by atoms with Crippen molar-refractivity contribution >= 4 is 0 Å². The van der Waals surface area contributed by atoms with E-state index in [1.807, 2.05) is 0 Å². The summed E-state index contributed by atoms with van der Waals surface area (Å²) in [7, 11) is 0. The Morgan fingerprint density at radius 1 is 0.905 bits per heavy atom. The van der Waals surface area contributed by atoms with E-state index in [-0.39, 0.29) is 11.5 Å². The van der Waals surface area contributed by atoms with Gasteiger partial charge in [0.25, 0.3) is 0 Å². The molecule has 0 heterocycles. The molecular formula is C20H34O. The van der Waals surface area contributed by atoms with Gasteiger partial charge in [0.2, 0.25) is 0 Å². The summed E-state index contributed by atoms with van der Waals surface area (Å²) in [6, 6.07) is 0. The number of fused-ring (bicyclic) bond motifs is 5. The van der Waals surface area contributed by atoms with Crippen molar-refractivity contribution in [2.45, 2.75) is 79.2 Å². The first-order valence-corrected chi connectivity index (χ1v) is 9.39. The zero-order chi connectivity index (χ0) is 15.2. The van der Waals surface area contributed by atoms with E-state index in [0.29, 0.717) is 10.8 Å². The first-order valence-electron chi connectivity index (χ1n) is 9.39. The van der Waals surface area contributed by atoms with Gasteiger partial charge >= 0.3 is 0 Å². The van der Waals surface area contributed by atoms with Crippen LogP contribution in [-0.2, 0) is 0 Å². The summed E-state index contributed by atoms with van der Waals surface area (Å²) < 4.78 is 0. The van der Waals surface area contributed by atoms with E-state index in [4.69, 9.17) is 0 Å². The van der Waals surface area contributed by atoms with Crippen molar-refractivity contribution in [3.8, 4) is 0 Å². The van der Waals surface area contributed by atoms with E-state index >= 15 is 0 Å². The number of hydrogen-bond acceptors (Lipinski definition) is 1. The summed E-state index contributed by atoms with van der Waals surface area (Å²) in [5.41, 5.74) is 1.29. The number of aliphatic hydroxyl groups excluding tert-OH is 1. The van der Waals surface area contributed by atoms with Crippen LogP contribution in [0.2, 0.25) is 0 Å². The Morgan fingerprint density at radius 3 is 2.24 bits per heavy atom. The molecule has 0 aromatic carbocycles. The van der Waals surface area contributed by atoms with Crippen LogP contribution in [0.1, 0.15) is 73.1 Å². The molecule has 0 aromatic heterocycles. The molecule has 0 saturated heterocycles. The van der Waals surface area contributed by atoms with E-state index < -0.39 is 0 Å². The molecule has 1 N–H and O–H groups in total. The maximum atomic E-state index is 10.7. The number of hydrogen-bond donors (Lipinski definition) is 1. The average molecular weight is 290 g/mol. The van der Waals surface area contributed by atoms with Crippen LogP contribution in [0.15, 0.2) is 0 Å². The Bertz CT molecular complexity index is 457. The fourth-order valence-electron chi connectivity index (χ4n) is 7.25. The second-order valence-electron chi connectivity index (χ2n) is 10.3. The summed E-state index contributed by atoms with van der Waals surface area (Å²) in [4.78, 5) is 0. The van der Waals surface area contributed by atoms with E-state index in [1.165, 1.54) is 32.1 Å². The lowest BCUT2D eigenvalue weighted by Crippen LogP contribution is -2.53. The van der Waals surface area contributed by atoms with Crippen LogP contribution in [0.25, 0.3) is 0 Å². The maximum absolute atomic E-state index is 10.7. The van der Waals surface area contributed by atoms with Gasteiger partial charge in [-0.15, -0.1) is 0 Å². The molecule has 1 unspecified atom stereocenters. The molecule has 21 heavy (non-hydrogen) atoms. The quantitative estimate of drug-likeness (QED) is 0.729. The Hall–Kier alpha value is -0.0400. The Morgan fingerprint density at radius 2 is 1.57 bits per heavy atom. The largest absolute Gasteiger partial charge is 0.393 e. The maximum Gasteiger partial charge on any atom is 0.0601 e. The van der Waals surface area contributed by atoms with Gasteiger partial charge in [0.1, 0.15) is 0 Å². The van der Waals surface area contributed by atoms with Crippen LogP contribution in [-0.4, -0.2) is 11.2 Å². The second kappa shape index (κ2) is 4.08. The fraction of sp³-hybridized carbons (Fsp3) is 1.00. The summed E-state index contributed by atoms with van der Waals surface area (Å²) in [6.45, 7) is 12.4. The lowest BCUT2D eigenvalue weighted by molar-refractivity contribution is -0.120. The minimum atomic E-state index is -0.0352. The van der Waals surface area contributed by atoms with Crippen LogP contribution in [0.5, 0.6) is 0 Å². The zero-order valence-corrected chi connectivity index (χ0v) is 14.7. The van der Waals surface area contributed by atoms with Gasteiger partial charge < -0.3 is 5.11 Å². The molecular weight excluding hydrogens is 256 g/mol. The molecule has 0 aliphatic heterocycles. The number of rotatable bonds is 1. The first kappa shape index (κ1) is 14.5. The summed E-state index contributed by atoms with van der Waals surface area (Å²) >= 11 is 0. The molecule has 1 heteroatoms. The zero-order valence-electron chi connectivity index (χ0n) is 14.7. The van der Waals surface area contributed by atoms with Gasteiger partial charge in [-0.2, -0.15) is 0 Å². The standard InChI is InChI=1S/C20H34O/c1-12(2)13-6-7-18(3)8-9-19(4)11-15(21)20(5)10-14(20)17(19)16(13)18/h12-17,21H,6-11H2,1-5H3/t13-,14-,15+,16+,17?,18+,19-,20-/m0/s1. The molecule has 8 atom stereocenters. The molecule has 0 bridgehead atoms. The third kappa shape index (κ3) is 1.73. The van der Waals surface area contributed by atoms with Gasteiger partial charge in [-0.1, -0.05) is 34.6 Å². The normalized spacial score (nSPS) is 62.1. The van der Waals surface area contributed by atoms with Crippen molar-refractivity contribution in [2.24, 2.45) is 45.8 Å². The van der Waals surface area contributed by atoms with Crippen LogP contribution in [0.4, 0.5) is 0 Å². The highest BCUT2D eigenvalue weighted by Gasteiger charge is 2.71. The summed E-state index contributed by atoms with van der Waals surface area (Å²) in [5.74, 6) is 4.39. The van der Waals surface area contributed by atoms with Crippen molar-refractivity contribution in [1.82, 2.24) is 0 Å². The molecule has 0 radical (unpaired) electrons. The van der Waals surface area contributed by atoms with Gasteiger partial charge in [-0.3, -0.25) is 0 Å². The van der Waals surface area contributed by atoms with Gasteiger partial charge in [-0.05, 0) is 84.4 Å². The highest BCUT2D eigenvalue weighted by Crippen LogP contribution is 2.76. The van der Waals surface area contributed by atoms with Gasteiger partial charge in [-0.25, -0.2) is 0 Å². The molecule has 0 spiro atoms. The van der Waals surface area contributed by atoms with Crippen molar-refractivity contribution in [1.29, 1.82) is 0 Å². The Kier molecular flexibility index (Phi) is 2.82. The molecule has 4 rings (SSSR count). The third-order valence-electron chi connectivity index (χ3n) is 8.83. The second-order valence-corrected chi connectivity index (χ2v) is 10.3. The highest BCUT2D eigenvalue weighted by molar-refractivity contribution is 5.20. The highest BCUT2D eigenvalue weighted by atomic mass is 16.3. The molecule has 0 amide bonds. The van der Waals surface area contributed by atoms with Gasteiger partial charge in [0.15, 0.2) is 0 Å². The van der Waals surface area contributed by atoms with Gasteiger partial charge in [0.05, 0.1) is 6.10 Å². The van der Waals surface area contributed by atoms with Crippen LogP contribution >= 0.6 is 0 Å². The van der Waals surface area contributed by atoms with Crippen molar-refractivity contribution in [2.75, 3.05) is 0 Å². The summed E-state index contributed by atoms with van der Waals surface area (Å²) in [6.07, 6.45) is 8.01. The van der Waals surface area contributed by atoms with E-state index in [0.717, 1.165) is 36.0 Å². The smallest absolute Gasteiger partial charge is 0.0601 e. The number of aliphatic hydroxyl groups is 1. The predicted molar refractivity (Wildman–Crippen MR) is 86.8 cm³/mol. The molecule has 1 nitrogen and oxygen atoms in total. The first-order chi connectivity index (χ1) is 9.71. The Balaban J connectivity index is 1.75. The van der Waals surface area contributed by atoms with E-state index in [9.17, 15) is 5.11 Å². The minimum absolute atomic E-state index is 0.0352. The minimum Gasteiger partial charge on any atom is -0.393 e. The van der Waals surface area contributed by atoms with Crippen LogP contribution < -0.4 is 0 Å². The Labute approximate surface area is 130 Å². The molecule has 4 saturated carbocycles. The molecule has 4 aliphatic carbocycles. The SMILES string of the molecule is CC(C)[C@@H]1CC[C@]2(C)CC[C@@]3(C)C[C@@H](O)[C@@]4(C)C[C@H]4C3[C@@H]12. The van der Waals surface area contributed by atoms with Crippen molar-refractivity contribution in [3.63, 3.8) is 0 Å². The predicted octanol–water partition coefficient (Wildman–Crippen LogP) is 4.88. The topological polar surface area (TPSA) is 20.2 Å². The molecule has 0 aromatic rings. The fourth-order valence-corrected chi connectivity index (χ4v) is 7.25. The summed E-state index contributed by atoms with van der Waals surface area (Å²) in [5, 5.41) is 10.7. The van der Waals surface area contributed by atoms with E-state index in [2.05, 4.69) is 34.6 Å². The van der Waals surface area contributed by atoms with Crippen molar-refractivity contribution in [3.05, 3.63) is 0 Å². The molecule has 120 valence electrons. The van der Waals surface area contributed by atoms with Gasteiger partial charge in [0, 0.05) is 0 Å². The van der Waals surface area contributed by atoms with E-state index in [1.54, 1.807) is 0 Å². The lowest BCUT2D eigenvalue weighted by atomic mass is 9.47. The third-order valence-corrected chi connectivity index (χ3v) is 8.83. The average Bonchev–Trinajstić information content (AvgIpc) is 2.95. The monoisotopic (exact) mass is 290 g/mol.